The number of hydrogen-bond acceptors (Lipinski definition) is 3. The highest BCUT2D eigenvalue weighted by atomic mass is 16.6. The monoisotopic (exact) mass is 261 g/mol. The summed E-state index contributed by atoms with van der Waals surface area (Å²) in [7, 11) is 0. The maximum atomic E-state index is 10.7. The fourth-order valence-corrected chi connectivity index (χ4v) is 2.44. The minimum Gasteiger partial charge on any atom is -0.486 e. The molecule has 0 aliphatic carbocycles. The quantitative estimate of drug-likeness (QED) is 0.920. The van der Waals surface area contributed by atoms with Crippen LogP contribution in [0.4, 0.5) is 0 Å². The van der Waals surface area contributed by atoms with Crippen LogP contribution < -0.4 is 9.47 Å². The Morgan fingerprint density at radius 1 is 1.26 bits per heavy atom. The number of aliphatic carboxylic acids is 1. The van der Waals surface area contributed by atoms with Gasteiger partial charge in [-0.25, -0.2) is 0 Å². The van der Waals surface area contributed by atoms with Crippen LogP contribution in [0.3, 0.4) is 0 Å². The highest BCUT2D eigenvalue weighted by Crippen LogP contribution is 2.35. The van der Waals surface area contributed by atoms with Gasteiger partial charge < -0.3 is 19.1 Å². The molecule has 0 fully saturated rings. The van der Waals surface area contributed by atoms with E-state index in [4.69, 9.17) is 14.6 Å². The predicted molar refractivity (Wildman–Crippen MR) is 69.9 cm³/mol. The summed E-state index contributed by atoms with van der Waals surface area (Å²) in [4.78, 5) is 10.7. The van der Waals surface area contributed by atoms with Crippen molar-refractivity contribution in [2.75, 3.05) is 13.2 Å². The van der Waals surface area contributed by atoms with Crippen molar-refractivity contribution in [3.63, 3.8) is 0 Å². The standard InChI is InChI=1S/C14H15NO4/c1-9-6-10-7-12-13(19-5-4-18-12)8-11(10)15(9)3-2-14(16)17/h6-8H,2-5H2,1H3,(H,16,17). The van der Waals surface area contributed by atoms with Crippen LogP contribution in [0.15, 0.2) is 18.2 Å². The molecule has 0 bridgehead atoms. The van der Waals surface area contributed by atoms with E-state index < -0.39 is 5.97 Å². The summed E-state index contributed by atoms with van der Waals surface area (Å²) in [6.45, 7) is 3.55. The van der Waals surface area contributed by atoms with E-state index in [1.807, 2.05) is 29.7 Å². The van der Waals surface area contributed by atoms with E-state index in [-0.39, 0.29) is 6.42 Å². The third kappa shape index (κ3) is 2.12. The molecule has 3 rings (SSSR count). The molecule has 0 saturated carbocycles. The Bertz CT molecular complexity index is 644. The second-order valence-corrected chi connectivity index (χ2v) is 4.64. The van der Waals surface area contributed by atoms with Crippen LogP contribution in [-0.4, -0.2) is 28.9 Å². The first-order valence-corrected chi connectivity index (χ1v) is 6.26. The second kappa shape index (κ2) is 4.50. The zero-order chi connectivity index (χ0) is 13.4. The number of carboxylic acid groups (broad SMARTS) is 1. The molecule has 0 radical (unpaired) electrons. The zero-order valence-corrected chi connectivity index (χ0v) is 10.7. The molecule has 2 aromatic rings. The van der Waals surface area contributed by atoms with Crippen molar-refractivity contribution in [3.05, 3.63) is 23.9 Å². The van der Waals surface area contributed by atoms with Crippen LogP contribution in [-0.2, 0) is 11.3 Å². The van der Waals surface area contributed by atoms with Crippen LogP contribution in [0.1, 0.15) is 12.1 Å². The molecule has 5 heteroatoms. The lowest BCUT2D eigenvalue weighted by Gasteiger charge is -2.18. The molecule has 1 aromatic heterocycles. The molecule has 19 heavy (non-hydrogen) atoms. The van der Waals surface area contributed by atoms with Crippen molar-refractivity contribution < 1.29 is 19.4 Å². The summed E-state index contributed by atoms with van der Waals surface area (Å²) in [6.07, 6.45) is 0.110. The fourth-order valence-electron chi connectivity index (χ4n) is 2.44. The van der Waals surface area contributed by atoms with Gasteiger partial charge in [-0.05, 0) is 19.1 Å². The van der Waals surface area contributed by atoms with E-state index in [9.17, 15) is 4.79 Å². The van der Waals surface area contributed by atoms with Crippen molar-refractivity contribution >= 4 is 16.9 Å². The third-order valence-corrected chi connectivity index (χ3v) is 3.32. The first-order chi connectivity index (χ1) is 9.15. The maximum Gasteiger partial charge on any atom is 0.305 e. The van der Waals surface area contributed by atoms with Crippen LogP contribution in [0.5, 0.6) is 11.5 Å². The summed E-state index contributed by atoms with van der Waals surface area (Å²) in [5.41, 5.74) is 2.03. The molecule has 1 aromatic carbocycles. The van der Waals surface area contributed by atoms with Gasteiger partial charge >= 0.3 is 5.97 Å². The van der Waals surface area contributed by atoms with E-state index in [0.29, 0.717) is 19.8 Å². The van der Waals surface area contributed by atoms with E-state index in [1.54, 1.807) is 0 Å². The molecule has 2 heterocycles. The second-order valence-electron chi connectivity index (χ2n) is 4.64. The SMILES string of the molecule is Cc1cc2cc3c(cc2n1CCC(=O)O)OCCO3. The van der Waals surface area contributed by atoms with Gasteiger partial charge in [0.25, 0.3) is 0 Å². The molecule has 1 aliphatic rings. The van der Waals surface area contributed by atoms with Gasteiger partial charge in [0.15, 0.2) is 11.5 Å². The Morgan fingerprint density at radius 2 is 1.95 bits per heavy atom. The van der Waals surface area contributed by atoms with Crippen LogP contribution in [0.25, 0.3) is 10.9 Å². The fraction of sp³-hybridized carbons (Fsp3) is 0.357. The van der Waals surface area contributed by atoms with Gasteiger partial charge in [0.05, 0.1) is 11.9 Å². The molecule has 0 atom stereocenters. The molecule has 0 spiro atoms. The summed E-state index contributed by atoms with van der Waals surface area (Å²) >= 11 is 0. The largest absolute Gasteiger partial charge is 0.486 e. The van der Waals surface area contributed by atoms with Crippen molar-refractivity contribution in [1.82, 2.24) is 4.57 Å². The van der Waals surface area contributed by atoms with Crippen LogP contribution >= 0.6 is 0 Å². The highest BCUT2D eigenvalue weighted by molar-refractivity contribution is 5.85. The number of aryl methyl sites for hydroxylation is 2. The summed E-state index contributed by atoms with van der Waals surface area (Å²) in [6, 6.07) is 5.92. The zero-order valence-electron chi connectivity index (χ0n) is 10.7. The molecule has 0 unspecified atom stereocenters. The molecule has 1 aliphatic heterocycles. The predicted octanol–water partition coefficient (Wildman–Crippen LogP) is 2.20. The molecule has 5 nitrogen and oxygen atoms in total. The van der Waals surface area contributed by atoms with Crippen molar-refractivity contribution in [1.29, 1.82) is 0 Å². The first kappa shape index (κ1) is 11.9. The van der Waals surface area contributed by atoms with Gasteiger partial charge in [-0.15, -0.1) is 0 Å². The summed E-state index contributed by atoms with van der Waals surface area (Å²) in [5.74, 6) is 0.696. The Labute approximate surface area is 110 Å². The van der Waals surface area contributed by atoms with Gasteiger partial charge in [0.1, 0.15) is 13.2 Å². The average molecular weight is 261 g/mol. The normalized spacial score (nSPS) is 13.7. The van der Waals surface area contributed by atoms with Crippen molar-refractivity contribution in [3.8, 4) is 11.5 Å². The number of aromatic nitrogens is 1. The third-order valence-electron chi connectivity index (χ3n) is 3.32. The Balaban J connectivity index is 2.06. The molecular weight excluding hydrogens is 246 g/mol. The van der Waals surface area contributed by atoms with Gasteiger partial charge in [-0.1, -0.05) is 0 Å². The number of fused-ring (bicyclic) bond motifs is 2. The van der Waals surface area contributed by atoms with E-state index in [1.165, 1.54) is 0 Å². The summed E-state index contributed by atoms with van der Waals surface area (Å²) < 4.78 is 13.1. The van der Waals surface area contributed by atoms with E-state index in [2.05, 4.69) is 0 Å². The smallest absolute Gasteiger partial charge is 0.305 e. The first-order valence-electron chi connectivity index (χ1n) is 6.26. The Morgan fingerprint density at radius 3 is 2.63 bits per heavy atom. The molecule has 0 amide bonds. The minimum atomic E-state index is -0.793. The number of nitrogens with zero attached hydrogens (tertiary/aromatic N) is 1. The minimum absolute atomic E-state index is 0.110. The Hall–Kier alpha value is -2.17. The average Bonchev–Trinajstić information content (AvgIpc) is 2.68. The van der Waals surface area contributed by atoms with Gasteiger partial charge in [0, 0.05) is 23.7 Å². The molecular formula is C14H15NO4. The number of carbonyl (C=O) groups is 1. The van der Waals surface area contributed by atoms with Gasteiger partial charge in [-0.3, -0.25) is 4.79 Å². The number of hydrogen-bond donors (Lipinski definition) is 1. The van der Waals surface area contributed by atoms with Crippen LogP contribution in [0, 0.1) is 6.92 Å². The van der Waals surface area contributed by atoms with Gasteiger partial charge in [-0.2, -0.15) is 0 Å². The molecule has 1 N–H and O–H groups in total. The van der Waals surface area contributed by atoms with Crippen molar-refractivity contribution in [2.45, 2.75) is 19.9 Å². The topological polar surface area (TPSA) is 60.7 Å². The number of carboxylic acids is 1. The van der Waals surface area contributed by atoms with E-state index >= 15 is 0 Å². The van der Waals surface area contributed by atoms with E-state index in [0.717, 1.165) is 28.1 Å². The van der Waals surface area contributed by atoms with Gasteiger partial charge in [0.2, 0.25) is 0 Å². The Kier molecular flexibility index (Phi) is 2.81. The number of ether oxygens (including phenoxy) is 2. The number of rotatable bonds is 3. The highest BCUT2D eigenvalue weighted by Gasteiger charge is 2.16. The summed E-state index contributed by atoms with van der Waals surface area (Å²) in [5, 5.41) is 9.86. The number of benzene rings is 1. The van der Waals surface area contributed by atoms with Crippen LogP contribution in [0.2, 0.25) is 0 Å². The lowest BCUT2D eigenvalue weighted by atomic mass is 10.2. The maximum absolute atomic E-state index is 10.7. The molecule has 0 saturated heterocycles. The molecule has 100 valence electrons. The van der Waals surface area contributed by atoms with Crippen molar-refractivity contribution in [2.24, 2.45) is 0 Å². The lowest BCUT2D eigenvalue weighted by Crippen LogP contribution is -2.15. The lowest BCUT2D eigenvalue weighted by molar-refractivity contribution is -0.137.